The number of fused-ring (bicyclic) bond motifs is 1. The molecular formula is C26H32N8O4. The molecule has 0 radical (unpaired) electrons. The number of aryl methyl sites for hydroxylation is 1. The first-order valence-electron chi connectivity index (χ1n) is 12.4. The number of methoxy groups -OCH3 is 1. The largest absolute Gasteiger partial charge is 0.491 e. The van der Waals surface area contributed by atoms with E-state index in [1.807, 2.05) is 11.6 Å². The summed E-state index contributed by atoms with van der Waals surface area (Å²) in [5, 5.41) is 10.9. The highest BCUT2D eigenvalue weighted by atomic mass is 16.5. The molecule has 0 aromatic carbocycles. The van der Waals surface area contributed by atoms with Crippen LogP contribution < -0.4 is 20.1 Å². The van der Waals surface area contributed by atoms with Gasteiger partial charge in [0.05, 0.1) is 26.0 Å². The molecule has 0 bridgehead atoms. The summed E-state index contributed by atoms with van der Waals surface area (Å²) in [5.74, 6) is 2.76. The van der Waals surface area contributed by atoms with E-state index in [0.717, 1.165) is 18.7 Å². The molecule has 2 N–H and O–H groups in total. The zero-order valence-electron chi connectivity index (χ0n) is 22.4. The smallest absolute Gasteiger partial charge is 0.222 e. The van der Waals surface area contributed by atoms with E-state index in [2.05, 4.69) is 57.1 Å². The zero-order valence-corrected chi connectivity index (χ0v) is 22.4. The molecule has 1 amide bonds. The minimum Gasteiger partial charge on any atom is -0.491 e. The maximum absolute atomic E-state index is 11.4. The lowest BCUT2D eigenvalue weighted by molar-refractivity contribution is -0.114. The van der Waals surface area contributed by atoms with E-state index in [1.165, 1.54) is 6.92 Å². The molecule has 1 fully saturated rings. The van der Waals surface area contributed by atoms with Crippen molar-refractivity contribution >= 4 is 34.7 Å². The number of hydrogen-bond acceptors (Lipinski definition) is 9. The normalized spacial score (nSPS) is 15.6. The third-order valence-electron chi connectivity index (χ3n) is 6.28. The van der Waals surface area contributed by atoms with E-state index in [-0.39, 0.29) is 17.4 Å². The van der Waals surface area contributed by atoms with Gasteiger partial charge < -0.3 is 29.4 Å². The molecule has 1 aliphatic rings. The summed E-state index contributed by atoms with van der Waals surface area (Å²) in [4.78, 5) is 24.7. The number of carbonyl (C=O) groups excluding carboxylic acids is 1. The van der Waals surface area contributed by atoms with Crippen LogP contribution in [0.25, 0.3) is 11.2 Å². The molecule has 0 saturated carbocycles. The molecule has 12 heteroatoms. The van der Waals surface area contributed by atoms with Gasteiger partial charge in [0.15, 0.2) is 23.0 Å². The van der Waals surface area contributed by atoms with Crippen LogP contribution in [-0.4, -0.2) is 55.5 Å². The van der Waals surface area contributed by atoms with Crippen molar-refractivity contribution in [1.82, 2.24) is 29.3 Å². The average Bonchev–Trinajstić information content (AvgIpc) is 3.59. The SMILES string of the molecule is COc1c(Oc2ccnc(NC(C)=O)c2)cnc2nc(Nc3cc(C(C)(C)C)n([C@H]4CCOC4)n3)n(C)c12. The molecule has 1 aliphatic heterocycles. The number of hydrogen-bond donors (Lipinski definition) is 2. The highest BCUT2D eigenvalue weighted by molar-refractivity contribution is 5.88. The van der Waals surface area contributed by atoms with E-state index >= 15 is 0 Å². The summed E-state index contributed by atoms with van der Waals surface area (Å²) in [6.45, 7) is 9.34. The molecule has 0 spiro atoms. The van der Waals surface area contributed by atoms with Crippen LogP contribution >= 0.6 is 0 Å². The maximum atomic E-state index is 11.4. The Balaban J connectivity index is 1.47. The van der Waals surface area contributed by atoms with Gasteiger partial charge in [0, 0.05) is 50.0 Å². The van der Waals surface area contributed by atoms with Crippen molar-refractivity contribution in [1.29, 1.82) is 0 Å². The Hall–Kier alpha value is -4.19. The lowest BCUT2D eigenvalue weighted by Crippen LogP contribution is -2.22. The number of anilines is 3. The van der Waals surface area contributed by atoms with Crippen LogP contribution in [0.5, 0.6) is 17.2 Å². The summed E-state index contributed by atoms with van der Waals surface area (Å²) in [7, 11) is 3.44. The molecule has 5 rings (SSSR count). The molecule has 12 nitrogen and oxygen atoms in total. The maximum Gasteiger partial charge on any atom is 0.222 e. The van der Waals surface area contributed by atoms with Crippen LogP contribution in [0.15, 0.2) is 30.6 Å². The van der Waals surface area contributed by atoms with E-state index in [4.69, 9.17) is 19.3 Å². The van der Waals surface area contributed by atoms with Crippen LogP contribution in [0.2, 0.25) is 0 Å². The van der Waals surface area contributed by atoms with Crippen molar-refractivity contribution < 1.29 is 19.0 Å². The molecule has 0 aliphatic carbocycles. The van der Waals surface area contributed by atoms with Gasteiger partial charge in [0.2, 0.25) is 11.9 Å². The molecule has 38 heavy (non-hydrogen) atoms. The zero-order chi connectivity index (χ0) is 27.0. The number of nitrogens with one attached hydrogen (secondary N) is 2. The topological polar surface area (TPSA) is 130 Å². The molecule has 200 valence electrons. The minimum atomic E-state index is -0.221. The summed E-state index contributed by atoms with van der Waals surface area (Å²) in [6, 6.07) is 5.58. The van der Waals surface area contributed by atoms with Gasteiger partial charge in [-0.25, -0.2) is 9.97 Å². The van der Waals surface area contributed by atoms with Crippen molar-refractivity contribution in [2.75, 3.05) is 31.0 Å². The third-order valence-corrected chi connectivity index (χ3v) is 6.28. The number of amides is 1. The highest BCUT2D eigenvalue weighted by Gasteiger charge is 2.28. The summed E-state index contributed by atoms with van der Waals surface area (Å²) >= 11 is 0. The Morgan fingerprint density at radius 2 is 2.03 bits per heavy atom. The number of aromatic nitrogens is 6. The Kier molecular flexibility index (Phi) is 6.66. The van der Waals surface area contributed by atoms with Crippen LogP contribution in [-0.2, 0) is 22.0 Å². The Labute approximate surface area is 220 Å². The summed E-state index contributed by atoms with van der Waals surface area (Å²) < 4.78 is 21.3. The van der Waals surface area contributed by atoms with E-state index in [9.17, 15) is 4.79 Å². The van der Waals surface area contributed by atoms with Gasteiger partial charge in [-0.2, -0.15) is 10.1 Å². The third kappa shape index (κ3) is 4.99. The number of nitrogens with zero attached hydrogens (tertiary/aromatic N) is 6. The van der Waals surface area contributed by atoms with Crippen molar-refractivity contribution in [3.8, 4) is 17.2 Å². The fraction of sp³-hybridized carbons (Fsp3) is 0.423. The van der Waals surface area contributed by atoms with Crippen LogP contribution in [0.4, 0.5) is 17.6 Å². The first-order chi connectivity index (χ1) is 18.1. The van der Waals surface area contributed by atoms with Crippen molar-refractivity contribution in [2.24, 2.45) is 7.05 Å². The van der Waals surface area contributed by atoms with E-state index in [1.54, 1.807) is 31.6 Å². The number of pyridine rings is 2. The number of carbonyl (C=O) groups is 1. The second kappa shape index (κ2) is 9.93. The van der Waals surface area contributed by atoms with Gasteiger partial charge in [-0.1, -0.05) is 20.8 Å². The predicted octanol–water partition coefficient (Wildman–Crippen LogP) is 4.32. The standard InChI is InChI=1S/C26H32N8O4/c1-15(35)29-20-11-17(7-9-27-20)38-18-13-28-24-22(23(18)36-6)33(5)25(31-24)30-21-12-19(26(2,3)4)34(32-21)16-8-10-37-14-16/h7,9,11-13,16H,8,10,14H2,1-6H3,(H,27,29,35)(H,28,30,31,32)/t16-/m0/s1. The van der Waals surface area contributed by atoms with Gasteiger partial charge in [-0.05, 0) is 12.5 Å². The highest BCUT2D eigenvalue weighted by Crippen LogP contribution is 2.38. The molecule has 0 unspecified atom stereocenters. The van der Waals surface area contributed by atoms with Crippen molar-refractivity contribution in [3.63, 3.8) is 0 Å². The van der Waals surface area contributed by atoms with Crippen LogP contribution in [0.3, 0.4) is 0 Å². The van der Waals surface area contributed by atoms with Gasteiger partial charge >= 0.3 is 0 Å². The van der Waals surface area contributed by atoms with Crippen LogP contribution in [0, 0.1) is 0 Å². The van der Waals surface area contributed by atoms with E-state index in [0.29, 0.717) is 52.6 Å². The lowest BCUT2D eigenvalue weighted by atomic mass is 9.91. The monoisotopic (exact) mass is 520 g/mol. The quantitative estimate of drug-likeness (QED) is 0.366. The molecule has 4 aromatic rings. The van der Waals surface area contributed by atoms with E-state index < -0.39 is 0 Å². The number of imidazole rings is 1. The number of rotatable bonds is 7. The second-order valence-electron chi connectivity index (χ2n) is 10.2. The van der Waals surface area contributed by atoms with Crippen molar-refractivity contribution in [3.05, 3.63) is 36.3 Å². The van der Waals surface area contributed by atoms with Gasteiger partial charge in [0.1, 0.15) is 17.1 Å². The average molecular weight is 521 g/mol. The number of ether oxygens (including phenoxy) is 3. The molecular weight excluding hydrogens is 488 g/mol. The Morgan fingerprint density at radius 3 is 2.71 bits per heavy atom. The molecule has 5 heterocycles. The van der Waals surface area contributed by atoms with Gasteiger partial charge in [0.25, 0.3) is 0 Å². The Bertz CT molecular complexity index is 1480. The lowest BCUT2D eigenvalue weighted by Gasteiger charge is -2.22. The fourth-order valence-electron chi connectivity index (χ4n) is 4.48. The Morgan fingerprint density at radius 1 is 1.21 bits per heavy atom. The van der Waals surface area contributed by atoms with Crippen LogP contribution in [0.1, 0.15) is 45.9 Å². The second-order valence-corrected chi connectivity index (χ2v) is 10.2. The fourth-order valence-corrected chi connectivity index (χ4v) is 4.48. The van der Waals surface area contributed by atoms with Gasteiger partial charge in [-0.3, -0.25) is 9.48 Å². The minimum absolute atomic E-state index is 0.0916. The van der Waals surface area contributed by atoms with Crippen molar-refractivity contribution in [2.45, 2.75) is 45.6 Å². The molecule has 4 aromatic heterocycles. The molecule has 1 saturated heterocycles. The van der Waals surface area contributed by atoms with Gasteiger partial charge in [-0.15, -0.1) is 0 Å². The summed E-state index contributed by atoms with van der Waals surface area (Å²) in [6.07, 6.45) is 4.04. The first kappa shape index (κ1) is 25.5. The first-order valence-corrected chi connectivity index (χ1v) is 12.4. The summed E-state index contributed by atoms with van der Waals surface area (Å²) in [5.41, 5.74) is 2.18. The predicted molar refractivity (Wildman–Crippen MR) is 142 cm³/mol. The molecule has 1 atom stereocenters.